The normalized spacial score (nSPS) is 13.1. The lowest BCUT2D eigenvalue weighted by atomic mass is 10.00. The summed E-state index contributed by atoms with van der Waals surface area (Å²) in [5.41, 5.74) is 1.20. The quantitative estimate of drug-likeness (QED) is 0.863. The van der Waals surface area contributed by atoms with Crippen molar-refractivity contribution >= 4 is 15.9 Å². The molecule has 1 aromatic carbocycles. The highest BCUT2D eigenvalue weighted by atomic mass is 79.9. The maximum atomic E-state index is 9.83. The van der Waals surface area contributed by atoms with Crippen LogP contribution in [0.2, 0.25) is 0 Å². The van der Waals surface area contributed by atoms with Crippen molar-refractivity contribution in [3.05, 3.63) is 34.3 Å². The zero-order valence-electron chi connectivity index (χ0n) is 9.41. The molecule has 0 aliphatic carbocycles. The van der Waals surface area contributed by atoms with Gasteiger partial charge in [0.1, 0.15) is 0 Å². The second kappa shape index (κ2) is 6.29. The van der Waals surface area contributed by atoms with Gasteiger partial charge >= 0.3 is 0 Å². The summed E-state index contributed by atoms with van der Waals surface area (Å²) in [4.78, 5) is 0. The van der Waals surface area contributed by atoms with Crippen molar-refractivity contribution in [2.75, 3.05) is 0 Å². The fourth-order valence-corrected chi connectivity index (χ4v) is 2.01. The summed E-state index contributed by atoms with van der Waals surface area (Å²) in [6.45, 7) is 4.37. The Balaban J connectivity index is 2.40. The lowest BCUT2D eigenvalue weighted by Gasteiger charge is -2.12. The highest BCUT2D eigenvalue weighted by Crippen LogP contribution is 2.15. The predicted octanol–water partition coefficient (Wildman–Crippen LogP) is 3.79. The van der Waals surface area contributed by atoms with Crippen LogP contribution >= 0.6 is 15.9 Å². The van der Waals surface area contributed by atoms with Crippen LogP contribution in [0.1, 0.15) is 32.3 Å². The second-order valence-corrected chi connectivity index (χ2v) is 5.37. The van der Waals surface area contributed by atoms with Gasteiger partial charge in [0, 0.05) is 4.47 Å². The minimum absolute atomic E-state index is 0.207. The van der Waals surface area contributed by atoms with E-state index in [0.29, 0.717) is 5.92 Å². The van der Waals surface area contributed by atoms with Gasteiger partial charge in [-0.1, -0.05) is 41.9 Å². The lowest BCUT2D eigenvalue weighted by Crippen LogP contribution is -2.11. The molecule has 1 aromatic rings. The molecule has 0 spiro atoms. The summed E-state index contributed by atoms with van der Waals surface area (Å²) < 4.78 is 1.08. The molecule has 0 saturated carbocycles. The zero-order chi connectivity index (χ0) is 11.3. The molecule has 15 heavy (non-hydrogen) atoms. The van der Waals surface area contributed by atoms with Crippen LogP contribution in [0.5, 0.6) is 0 Å². The van der Waals surface area contributed by atoms with E-state index in [1.807, 2.05) is 12.1 Å². The molecular formula is C13H19BrO. The Bertz CT molecular complexity index is 296. The Kier molecular flexibility index (Phi) is 5.34. The van der Waals surface area contributed by atoms with E-state index in [2.05, 4.69) is 41.9 Å². The molecule has 1 N–H and O–H groups in total. The second-order valence-electron chi connectivity index (χ2n) is 4.46. The summed E-state index contributed by atoms with van der Waals surface area (Å²) >= 11 is 3.43. The van der Waals surface area contributed by atoms with Crippen molar-refractivity contribution < 1.29 is 5.11 Å². The SMILES string of the molecule is CC(C)CCC(O)Cc1cccc(Br)c1. The minimum atomic E-state index is -0.207. The maximum absolute atomic E-state index is 9.83. The first-order chi connectivity index (χ1) is 7.08. The van der Waals surface area contributed by atoms with Crippen molar-refractivity contribution in [3.63, 3.8) is 0 Å². The number of aliphatic hydroxyl groups excluding tert-OH is 1. The first-order valence-electron chi connectivity index (χ1n) is 5.50. The van der Waals surface area contributed by atoms with E-state index in [-0.39, 0.29) is 6.10 Å². The van der Waals surface area contributed by atoms with Crippen molar-refractivity contribution in [2.24, 2.45) is 5.92 Å². The van der Waals surface area contributed by atoms with Gasteiger partial charge in [-0.2, -0.15) is 0 Å². The lowest BCUT2D eigenvalue weighted by molar-refractivity contribution is 0.157. The molecule has 0 aromatic heterocycles. The van der Waals surface area contributed by atoms with Gasteiger partial charge in [0.15, 0.2) is 0 Å². The molecule has 0 aliphatic heterocycles. The molecule has 1 nitrogen and oxygen atoms in total. The van der Waals surface area contributed by atoms with E-state index in [1.54, 1.807) is 0 Å². The molecule has 1 rings (SSSR count). The molecule has 0 heterocycles. The summed E-state index contributed by atoms with van der Waals surface area (Å²) in [6, 6.07) is 8.14. The highest BCUT2D eigenvalue weighted by molar-refractivity contribution is 9.10. The van der Waals surface area contributed by atoms with Crippen LogP contribution in [0.4, 0.5) is 0 Å². The third-order valence-electron chi connectivity index (χ3n) is 2.44. The molecule has 0 saturated heterocycles. The third-order valence-corrected chi connectivity index (χ3v) is 2.93. The molecular weight excluding hydrogens is 252 g/mol. The van der Waals surface area contributed by atoms with Gasteiger partial charge in [-0.3, -0.25) is 0 Å². The zero-order valence-corrected chi connectivity index (χ0v) is 11.0. The predicted molar refractivity (Wildman–Crippen MR) is 67.9 cm³/mol. The average Bonchev–Trinajstić information content (AvgIpc) is 2.15. The number of aliphatic hydroxyl groups is 1. The van der Waals surface area contributed by atoms with Gasteiger partial charge in [-0.05, 0) is 42.9 Å². The van der Waals surface area contributed by atoms with Crippen LogP contribution in [-0.4, -0.2) is 11.2 Å². The van der Waals surface area contributed by atoms with Gasteiger partial charge in [0.25, 0.3) is 0 Å². The Morgan fingerprint density at radius 1 is 1.27 bits per heavy atom. The van der Waals surface area contributed by atoms with Crippen molar-refractivity contribution in [1.29, 1.82) is 0 Å². The Hall–Kier alpha value is -0.340. The van der Waals surface area contributed by atoms with Crippen molar-refractivity contribution in [2.45, 2.75) is 39.2 Å². The minimum Gasteiger partial charge on any atom is -0.393 e. The van der Waals surface area contributed by atoms with E-state index >= 15 is 0 Å². The Morgan fingerprint density at radius 2 is 2.00 bits per heavy atom. The van der Waals surface area contributed by atoms with E-state index in [0.717, 1.165) is 23.7 Å². The standard InChI is InChI=1S/C13H19BrO/c1-10(2)6-7-13(15)9-11-4-3-5-12(14)8-11/h3-5,8,10,13,15H,6-7,9H2,1-2H3. The fourth-order valence-electron chi connectivity index (χ4n) is 1.56. The Labute approximate surface area is 101 Å². The molecule has 0 radical (unpaired) electrons. The first-order valence-corrected chi connectivity index (χ1v) is 6.29. The molecule has 1 atom stereocenters. The van der Waals surface area contributed by atoms with E-state index in [1.165, 1.54) is 5.56 Å². The number of rotatable bonds is 5. The number of benzene rings is 1. The largest absolute Gasteiger partial charge is 0.393 e. The fraction of sp³-hybridized carbons (Fsp3) is 0.538. The first kappa shape index (κ1) is 12.7. The van der Waals surface area contributed by atoms with E-state index < -0.39 is 0 Å². The van der Waals surface area contributed by atoms with E-state index in [9.17, 15) is 5.11 Å². The molecule has 0 amide bonds. The van der Waals surface area contributed by atoms with Crippen LogP contribution in [0.3, 0.4) is 0 Å². The summed E-state index contributed by atoms with van der Waals surface area (Å²) in [7, 11) is 0. The maximum Gasteiger partial charge on any atom is 0.0580 e. The van der Waals surface area contributed by atoms with Gasteiger partial charge in [-0.25, -0.2) is 0 Å². The molecule has 0 bridgehead atoms. The van der Waals surface area contributed by atoms with Gasteiger partial charge in [-0.15, -0.1) is 0 Å². The van der Waals surface area contributed by atoms with Gasteiger partial charge < -0.3 is 5.11 Å². The van der Waals surface area contributed by atoms with E-state index in [4.69, 9.17) is 0 Å². The smallest absolute Gasteiger partial charge is 0.0580 e. The van der Waals surface area contributed by atoms with Crippen LogP contribution in [0, 0.1) is 5.92 Å². The Morgan fingerprint density at radius 3 is 2.60 bits per heavy atom. The molecule has 0 fully saturated rings. The third kappa shape index (κ3) is 5.33. The summed E-state index contributed by atoms with van der Waals surface area (Å²) in [5, 5.41) is 9.83. The van der Waals surface area contributed by atoms with Crippen LogP contribution in [0.25, 0.3) is 0 Å². The van der Waals surface area contributed by atoms with Crippen LogP contribution in [0.15, 0.2) is 28.7 Å². The average molecular weight is 271 g/mol. The number of hydrogen-bond donors (Lipinski definition) is 1. The summed E-state index contributed by atoms with van der Waals surface area (Å²) in [6.07, 6.45) is 2.53. The molecule has 84 valence electrons. The van der Waals surface area contributed by atoms with Gasteiger partial charge in [0.05, 0.1) is 6.10 Å². The highest BCUT2D eigenvalue weighted by Gasteiger charge is 2.06. The topological polar surface area (TPSA) is 20.2 Å². The van der Waals surface area contributed by atoms with Crippen molar-refractivity contribution in [1.82, 2.24) is 0 Å². The van der Waals surface area contributed by atoms with Crippen LogP contribution < -0.4 is 0 Å². The number of halogens is 1. The molecule has 2 heteroatoms. The number of hydrogen-bond acceptors (Lipinski definition) is 1. The monoisotopic (exact) mass is 270 g/mol. The molecule has 1 unspecified atom stereocenters. The van der Waals surface area contributed by atoms with Crippen molar-refractivity contribution in [3.8, 4) is 0 Å². The summed E-state index contributed by atoms with van der Waals surface area (Å²) in [5.74, 6) is 0.669. The van der Waals surface area contributed by atoms with Crippen LogP contribution in [-0.2, 0) is 6.42 Å². The van der Waals surface area contributed by atoms with Gasteiger partial charge in [0.2, 0.25) is 0 Å². The molecule has 0 aliphatic rings.